The molecule has 0 bridgehead atoms. The van der Waals surface area contributed by atoms with Gasteiger partial charge in [-0.3, -0.25) is 14.4 Å². The third kappa shape index (κ3) is 4.22. The summed E-state index contributed by atoms with van der Waals surface area (Å²) in [7, 11) is 0. The molecule has 26 heavy (non-hydrogen) atoms. The molecule has 1 aromatic rings. The lowest BCUT2D eigenvalue weighted by atomic mass is 10.1. The second-order valence-corrected chi connectivity index (χ2v) is 6.60. The van der Waals surface area contributed by atoms with Crippen molar-refractivity contribution in [2.45, 2.75) is 38.7 Å². The second-order valence-electron chi connectivity index (χ2n) is 6.60. The first-order chi connectivity index (χ1) is 12.6. The van der Waals surface area contributed by atoms with Gasteiger partial charge in [0.05, 0.1) is 17.5 Å². The van der Waals surface area contributed by atoms with Gasteiger partial charge in [-0.15, -0.1) is 0 Å². The van der Waals surface area contributed by atoms with E-state index in [4.69, 9.17) is 4.74 Å². The average Bonchev–Trinajstić information content (AvgIpc) is 2.65. The molecule has 1 fully saturated rings. The molecule has 2 heterocycles. The molecule has 0 aromatic heterocycles. The van der Waals surface area contributed by atoms with Crippen molar-refractivity contribution < 1.29 is 19.1 Å². The molecule has 1 N–H and O–H groups in total. The minimum Gasteiger partial charge on any atom is -0.377 e. The predicted molar refractivity (Wildman–Crippen MR) is 97.9 cm³/mol. The molecule has 0 saturated carbocycles. The second kappa shape index (κ2) is 8.31. The summed E-state index contributed by atoms with van der Waals surface area (Å²) in [6, 6.07) is 7.19. The number of ether oxygens (including phenoxy) is 1. The molecule has 1 aromatic carbocycles. The first kappa shape index (κ1) is 18.4. The Kier molecular flexibility index (Phi) is 5.88. The first-order valence-electron chi connectivity index (χ1n) is 9.17. The van der Waals surface area contributed by atoms with Crippen molar-refractivity contribution >= 4 is 29.1 Å². The SMILES string of the molecule is CCOC1CCCN(C(=O)CCC(=O)N2CC(=O)Nc3ccccc32)C1. The number of rotatable bonds is 5. The molecule has 7 nitrogen and oxygen atoms in total. The van der Waals surface area contributed by atoms with Gasteiger partial charge in [0.15, 0.2) is 0 Å². The van der Waals surface area contributed by atoms with Crippen molar-refractivity contribution in [2.24, 2.45) is 0 Å². The number of piperidine rings is 1. The minimum absolute atomic E-state index is 0.0137. The third-order valence-electron chi connectivity index (χ3n) is 4.76. The molecular formula is C19H25N3O4. The van der Waals surface area contributed by atoms with Gasteiger partial charge < -0.3 is 19.9 Å². The van der Waals surface area contributed by atoms with Gasteiger partial charge in [-0.1, -0.05) is 12.1 Å². The highest BCUT2D eigenvalue weighted by molar-refractivity contribution is 6.10. The molecule has 1 atom stereocenters. The van der Waals surface area contributed by atoms with Gasteiger partial charge in [0.1, 0.15) is 6.54 Å². The monoisotopic (exact) mass is 359 g/mol. The normalized spacial score (nSPS) is 19.7. The summed E-state index contributed by atoms with van der Waals surface area (Å²) < 4.78 is 5.62. The fourth-order valence-corrected chi connectivity index (χ4v) is 3.50. The summed E-state index contributed by atoms with van der Waals surface area (Å²) in [5.74, 6) is -0.463. The Bertz CT molecular complexity index is 689. The molecule has 1 unspecified atom stereocenters. The van der Waals surface area contributed by atoms with E-state index in [9.17, 15) is 14.4 Å². The number of likely N-dealkylation sites (tertiary alicyclic amines) is 1. The zero-order chi connectivity index (χ0) is 18.5. The summed E-state index contributed by atoms with van der Waals surface area (Å²) in [5.41, 5.74) is 1.30. The van der Waals surface area contributed by atoms with E-state index in [0.29, 0.717) is 31.1 Å². The summed E-state index contributed by atoms with van der Waals surface area (Å²) in [6.07, 6.45) is 2.22. The highest BCUT2D eigenvalue weighted by Crippen LogP contribution is 2.29. The lowest BCUT2D eigenvalue weighted by molar-refractivity contribution is -0.136. The maximum atomic E-state index is 12.6. The van der Waals surface area contributed by atoms with E-state index in [-0.39, 0.29) is 43.2 Å². The predicted octanol–water partition coefficient (Wildman–Crippen LogP) is 1.78. The topological polar surface area (TPSA) is 79.0 Å². The van der Waals surface area contributed by atoms with Gasteiger partial charge in [0.2, 0.25) is 17.7 Å². The number of nitrogens with zero attached hydrogens (tertiary/aromatic N) is 2. The highest BCUT2D eigenvalue weighted by atomic mass is 16.5. The zero-order valence-electron chi connectivity index (χ0n) is 15.1. The number of amides is 3. The standard InChI is InChI=1S/C19H25N3O4/c1-2-26-14-6-5-11-21(12-14)18(24)9-10-19(25)22-13-17(23)20-15-7-3-4-8-16(15)22/h3-4,7-8,14H,2,5-6,9-13H2,1H3,(H,20,23). The lowest BCUT2D eigenvalue weighted by Gasteiger charge is -2.33. The first-order valence-corrected chi connectivity index (χ1v) is 9.17. The molecule has 7 heteroatoms. The van der Waals surface area contributed by atoms with Crippen LogP contribution in [-0.2, 0) is 19.1 Å². The van der Waals surface area contributed by atoms with Crippen LogP contribution in [0.25, 0.3) is 0 Å². The van der Waals surface area contributed by atoms with Gasteiger partial charge in [-0.05, 0) is 31.9 Å². The molecule has 0 radical (unpaired) electrons. The smallest absolute Gasteiger partial charge is 0.244 e. The van der Waals surface area contributed by atoms with Crippen LogP contribution in [0.3, 0.4) is 0 Å². The number of hydrogen-bond donors (Lipinski definition) is 1. The van der Waals surface area contributed by atoms with Crippen molar-refractivity contribution in [3.8, 4) is 0 Å². The number of nitrogens with one attached hydrogen (secondary N) is 1. The van der Waals surface area contributed by atoms with Gasteiger partial charge in [-0.25, -0.2) is 0 Å². The largest absolute Gasteiger partial charge is 0.377 e. The number of para-hydroxylation sites is 2. The van der Waals surface area contributed by atoms with Crippen LogP contribution in [0.5, 0.6) is 0 Å². The Hall–Kier alpha value is -2.41. The van der Waals surface area contributed by atoms with Gasteiger partial charge >= 0.3 is 0 Å². The van der Waals surface area contributed by atoms with Crippen LogP contribution >= 0.6 is 0 Å². The Labute approximate surface area is 153 Å². The number of anilines is 2. The molecule has 3 amide bonds. The quantitative estimate of drug-likeness (QED) is 0.869. The molecule has 2 aliphatic heterocycles. The van der Waals surface area contributed by atoms with E-state index in [1.54, 1.807) is 17.0 Å². The fraction of sp³-hybridized carbons (Fsp3) is 0.526. The molecular weight excluding hydrogens is 334 g/mol. The zero-order valence-corrected chi connectivity index (χ0v) is 15.1. The summed E-state index contributed by atoms with van der Waals surface area (Å²) >= 11 is 0. The van der Waals surface area contributed by atoms with E-state index in [1.165, 1.54) is 4.90 Å². The highest BCUT2D eigenvalue weighted by Gasteiger charge is 2.28. The molecule has 0 aliphatic carbocycles. The van der Waals surface area contributed by atoms with Crippen LogP contribution in [0.2, 0.25) is 0 Å². The Morgan fingerprint density at radius 1 is 1.23 bits per heavy atom. The van der Waals surface area contributed by atoms with Crippen LogP contribution in [-0.4, -0.2) is 55.0 Å². The Morgan fingerprint density at radius 3 is 2.81 bits per heavy atom. The van der Waals surface area contributed by atoms with Crippen LogP contribution in [0.15, 0.2) is 24.3 Å². The minimum atomic E-state index is -0.223. The third-order valence-corrected chi connectivity index (χ3v) is 4.76. The van der Waals surface area contributed by atoms with Crippen molar-refractivity contribution in [1.29, 1.82) is 0 Å². The molecule has 1 saturated heterocycles. The van der Waals surface area contributed by atoms with Gasteiger partial charge in [0, 0.05) is 32.5 Å². The summed E-state index contributed by atoms with van der Waals surface area (Å²) in [6.45, 7) is 3.88. The number of hydrogen-bond acceptors (Lipinski definition) is 4. The summed E-state index contributed by atoms with van der Waals surface area (Å²) in [4.78, 5) is 40.2. The van der Waals surface area contributed by atoms with E-state index in [1.807, 2.05) is 19.1 Å². The Balaban J connectivity index is 1.57. The maximum Gasteiger partial charge on any atom is 0.244 e. The molecule has 3 rings (SSSR count). The molecule has 140 valence electrons. The van der Waals surface area contributed by atoms with Crippen LogP contribution in [0.4, 0.5) is 11.4 Å². The van der Waals surface area contributed by atoms with Crippen molar-refractivity contribution in [3.05, 3.63) is 24.3 Å². The van der Waals surface area contributed by atoms with E-state index >= 15 is 0 Å². The maximum absolute atomic E-state index is 12.6. The average molecular weight is 359 g/mol. The van der Waals surface area contributed by atoms with Crippen molar-refractivity contribution in [1.82, 2.24) is 4.90 Å². The Morgan fingerprint density at radius 2 is 2.00 bits per heavy atom. The van der Waals surface area contributed by atoms with Crippen molar-refractivity contribution in [2.75, 3.05) is 36.5 Å². The number of fused-ring (bicyclic) bond motifs is 1. The fourth-order valence-electron chi connectivity index (χ4n) is 3.50. The van der Waals surface area contributed by atoms with E-state index < -0.39 is 0 Å². The van der Waals surface area contributed by atoms with Gasteiger partial charge in [0.25, 0.3) is 0 Å². The lowest BCUT2D eigenvalue weighted by Crippen LogP contribution is -2.44. The molecule has 0 spiro atoms. The van der Waals surface area contributed by atoms with Crippen molar-refractivity contribution in [3.63, 3.8) is 0 Å². The van der Waals surface area contributed by atoms with Crippen LogP contribution < -0.4 is 10.2 Å². The number of carbonyl (C=O) groups excluding carboxylic acids is 3. The number of benzene rings is 1. The van der Waals surface area contributed by atoms with Crippen LogP contribution in [0, 0.1) is 0 Å². The molecule has 2 aliphatic rings. The van der Waals surface area contributed by atoms with E-state index in [0.717, 1.165) is 12.8 Å². The van der Waals surface area contributed by atoms with Gasteiger partial charge in [-0.2, -0.15) is 0 Å². The number of carbonyl (C=O) groups is 3. The summed E-state index contributed by atoms with van der Waals surface area (Å²) in [5, 5.41) is 2.76. The van der Waals surface area contributed by atoms with E-state index in [2.05, 4.69) is 5.32 Å². The van der Waals surface area contributed by atoms with Crippen LogP contribution in [0.1, 0.15) is 32.6 Å².